The van der Waals surface area contributed by atoms with Crippen LogP contribution in [0.3, 0.4) is 0 Å². The molecule has 2 fully saturated rings. The maximum atomic E-state index is 10.9. The molecule has 0 unspecified atom stereocenters. The Kier molecular flexibility index (Phi) is 4.85. The first-order valence-electron chi connectivity index (χ1n) is 5.18. The molecular weight excluding hydrogens is 230 g/mol. The number of carboxylic acids is 2. The zero-order valence-electron chi connectivity index (χ0n) is 9.18. The lowest BCUT2D eigenvalue weighted by atomic mass is 10.1. The summed E-state index contributed by atoms with van der Waals surface area (Å²) >= 11 is 0. The SMILES string of the molecule is O=C(O)C(=O)O.O=C1CN(C2CNC2)CCN1. The van der Waals surface area contributed by atoms with Gasteiger partial charge in [-0.15, -0.1) is 0 Å². The fraction of sp³-hybridized carbons (Fsp3) is 0.667. The molecule has 0 aromatic carbocycles. The van der Waals surface area contributed by atoms with Crippen LogP contribution in [-0.4, -0.2) is 71.7 Å². The summed E-state index contributed by atoms with van der Waals surface area (Å²) in [5.74, 6) is -3.48. The average molecular weight is 245 g/mol. The van der Waals surface area contributed by atoms with E-state index < -0.39 is 11.9 Å². The number of rotatable bonds is 1. The molecule has 0 aromatic rings. The van der Waals surface area contributed by atoms with Crippen molar-refractivity contribution in [2.75, 3.05) is 32.7 Å². The lowest BCUT2D eigenvalue weighted by Gasteiger charge is -2.39. The Morgan fingerprint density at radius 1 is 1.24 bits per heavy atom. The summed E-state index contributed by atoms with van der Waals surface area (Å²) in [5, 5.41) is 20.8. The van der Waals surface area contributed by atoms with Crippen molar-refractivity contribution in [3.05, 3.63) is 0 Å². The molecule has 17 heavy (non-hydrogen) atoms. The molecule has 0 saturated carbocycles. The highest BCUT2D eigenvalue weighted by Gasteiger charge is 2.27. The van der Waals surface area contributed by atoms with E-state index in [2.05, 4.69) is 15.5 Å². The van der Waals surface area contributed by atoms with Crippen LogP contribution >= 0.6 is 0 Å². The minimum absolute atomic E-state index is 0.170. The third-order valence-corrected chi connectivity index (χ3v) is 2.53. The van der Waals surface area contributed by atoms with Gasteiger partial charge in [0.25, 0.3) is 0 Å². The Hall–Kier alpha value is -1.67. The fourth-order valence-corrected chi connectivity index (χ4v) is 1.50. The molecule has 8 nitrogen and oxygen atoms in total. The number of carbonyl (C=O) groups is 3. The summed E-state index contributed by atoms with van der Waals surface area (Å²) in [4.78, 5) is 31.4. The van der Waals surface area contributed by atoms with E-state index in [1.807, 2.05) is 0 Å². The van der Waals surface area contributed by atoms with E-state index >= 15 is 0 Å². The first kappa shape index (κ1) is 13.4. The van der Waals surface area contributed by atoms with Crippen LogP contribution in [0.1, 0.15) is 0 Å². The topological polar surface area (TPSA) is 119 Å². The second-order valence-corrected chi connectivity index (χ2v) is 3.74. The smallest absolute Gasteiger partial charge is 0.414 e. The molecule has 0 aromatic heterocycles. The molecule has 1 amide bonds. The van der Waals surface area contributed by atoms with Crippen molar-refractivity contribution < 1.29 is 24.6 Å². The molecule has 2 aliphatic heterocycles. The third-order valence-electron chi connectivity index (χ3n) is 2.53. The second kappa shape index (κ2) is 6.16. The third kappa shape index (κ3) is 4.37. The molecule has 0 aliphatic carbocycles. The molecule has 2 saturated heterocycles. The number of aliphatic carboxylic acids is 2. The van der Waals surface area contributed by atoms with Gasteiger partial charge in [-0.2, -0.15) is 0 Å². The zero-order valence-corrected chi connectivity index (χ0v) is 9.18. The van der Waals surface area contributed by atoms with Crippen molar-refractivity contribution in [1.29, 1.82) is 0 Å². The monoisotopic (exact) mass is 245 g/mol. The standard InChI is InChI=1S/C7H13N3O.C2H2O4/c11-7-5-10(2-1-9-7)6-3-8-4-6;3-1(4)2(5)6/h6,8H,1-5H2,(H,9,11);(H,3,4)(H,5,6). The van der Waals surface area contributed by atoms with E-state index in [1.165, 1.54) is 0 Å². The first-order chi connectivity index (χ1) is 8.00. The van der Waals surface area contributed by atoms with Crippen LogP contribution < -0.4 is 10.6 Å². The van der Waals surface area contributed by atoms with Crippen LogP contribution in [0.2, 0.25) is 0 Å². The number of carbonyl (C=O) groups excluding carboxylic acids is 1. The fourth-order valence-electron chi connectivity index (χ4n) is 1.50. The molecule has 8 heteroatoms. The van der Waals surface area contributed by atoms with Crippen molar-refractivity contribution in [2.45, 2.75) is 6.04 Å². The van der Waals surface area contributed by atoms with Crippen LogP contribution in [0, 0.1) is 0 Å². The number of piperazine rings is 1. The molecule has 96 valence electrons. The Balaban J connectivity index is 0.000000209. The minimum atomic E-state index is -1.82. The Morgan fingerprint density at radius 3 is 2.18 bits per heavy atom. The van der Waals surface area contributed by atoms with E-state index in [0.29, 0.717) is 12.6 Å². The zero-order chi connectivity index (χ0) is 12.8. The van der Waals surface area contributed by atoms with E-state index in [4.69, 9.17) is 19.8 Å². The van der Waals surface area contributed by atoms with Gasteiger partial charge < -0.3 is 20.8 Å². The molecule has 2 rings (SSSR count). The first-order valence-corrected chi connectivity index (χ1v) is 5.18. The summed E-state index contributed by atoms with van der Waals surface area (Å²) in [6.45, 7) is 4.51. The van der Waals surface area contributed by atoms with Crippen LogP contribution in [-0.2, 0) is 14.4 Å². The summed E-state index contributed by atoms with van der Waals surface area (Å²) in [7, 11) is 0. The molecule has 4 N–H and O–H groups in total. The van der Waals surface area contributed by atoms with Gasteiger partial charge >= 0.3 is 11.9 Å². The van der Waals surface area contributed by atoms with Crippen LogP contribution in [0.15, 0.2) is 0 Å². The maximum Gasteiger partial charge on any atom is 0.414 e. The molecule has 0 spiro atoms. The number of amides is 1. The minimum Gasteiger partial charge on any atom is -0.473 e. The summed E-state index contributed by atoms with van der Waals surface area (Å²) in [5.41, 5.74) is 0. The summed E-state index contributed by atoms with van der Waals surface area (Å²) in [6, 6.07) is 0.612. The number of hydrogen-bond donors (Lipinski definition) is 4. The predicted molar refractivity (Wildman–Crippen MR) is 56.5 cm³/mol. The van der Waals surface area contributed by atoms with E-state index in [1.54, 1.807) is 0 Å². The van der Waals surface area contributed by atoms with Gasteiger partial charge in [0.15, 0.2) is 0 Å². The van der Waals surface area contributed by atoms with Gasteiger partial charge in [0, 0.05) is 32.2 Å². The predicted octanol–water partition coefficient (Wildman–Crippen LogP) is -2.45. The largest absolute Gasteiger partial charge is 0.473 e. The van der Waals surface area contributed by atoms with Crippen LogP contribution in [0.4, 0.5) is 0 Å². The number of nitrogens with zero attached hydrogens (tertiary/aromatic N) is 1. The normalized spacial score (nSPS) is 20.6. The van der Waals surface area contributed by atoms with E-state index in [9.17, 15) is 4.79 Å². The molecule has 0 atom stereocenters. The van der Waals surface area contributed by atoms with Gasteiger partial charge in [-0.1, -0.05) is 0 Å². The van der Waals surface area contributed by atoms with Crippen molar-refractivity contribution in [1.82, 2.24) is 15.5 Å². The number of nitrogens with one attached hydrogen (secondary N) is 2. The quantitative estimate of drug-likeness (QED) is 0.378. The molecule has 0 bridgehead atoms. The van der Waals surface area contributed by atoms with E-state index in [0.717, 1.165) is 26.2 Å². The molecule has 2 aliphatic rings. The lowest BCUT2D eigenvalue weighted by molar-refractivity contribution is -0.159. The highest BCUT2D eigenvalue weighted by atomic mass is 16.4. The van der Waals surface area contributed by atoms with E-state index in [-0.39, 0.29) is 5.91 Å². The van der Waals surface area contributed by atoms with Crippen molar-refractivity contribution in [2.24, 2.45) is 0 Å². The Labute approximate surface area is 97.6 Å². The molecular formula is C9H15N3O5. The second-order valence-electron chi connectivity index (χ2n) is 3.74. The average Bonchev–Trinajstić information content (AvgIpc) is 2.15. The van der Waals surface area contributed by atoms with Crippen LogP contribution in [0.25, 0.3) is 0 Å². The van der Waals surface area contributed by atoms with Crippen molar-refractivity contribution in [3.63, 3.8) is 0 Å². The summed E-state index contributed by atoms with van der Waals surface area (Å²) < 4.78 is 0. The maximum absolute atomic E-state index is 10.9. The summed E-state index contributed by atoms with van der Waals surface area (Å²) in [6.07, 6.45) is 0. The van der Waals surface area contributed by atoms with Gasteiger partial charge in [0.1, 0.15) is 0 Å². The highest BCUT2D eigenvalue weighted by Crippen LogP contribution is 2.05. The van der Waals surface area contributed by atoms with Gasteiger partial charge in [-0.3, -0.25) is 9.69 Å². The van der Waals surface area contributed by atoms with Crippen molar-refractivity contribution >= 4 is 17.8 Å². The molecule has 2 heterocycles. The Morgan fingerprint density at radius 2 is 1.82 bits per heavy atom. The molecule has 0 radical (unpaired) electrons. The van der Waals surface area contributed by atoms with Gasteiger partial charge in [0.2, 0.25) is 5.91 Å². The lowest BCUT2D eigenvalue weighted by Crippen LogP contribution is -2.62. The van der Waals surface area contributed by atoms with Gasteiger partial charge in [-0.05, 0) is 0 Å². The number of hydrogen-bond acceptors (Lipinski definition) is 5. The van der Waals surface area contributed by atoms with Gasteiger partial charge in [-0.25, -0.2) is 9.59 Å². The highest BCUT2D eigenvalue weighted by molar-refractivity contribution is 6.27. The van der Waals surface area contributed by atoms with Crippen molar-refractivity contribution in [3.8, 4) is 0 Å². The van der Waals surface area contributed by atoms with Gasteiger partial charge in [0.05, 0.1) is 6.54 Å². The van der Waals surface area contributed by atoms with Crippen LogP contribution in [0.5, 0.6) is 0 Å². The Bertz CT molecular complexity index is 304. The number of carboxylic acid groups (broad SMARTS) is 2.